The molecule has 0 saturated carbocycles. The molecule has 1 heterocycles. The number of rotatable bonds is 7. The van der Waals surface area contributed by atoms with Crippen molar-refractivity contribution in [1.29, 1.82) is 0 Å². The Balaban J connectivity index is 2.11. The van der Waals surface area contributed by atoms with Gasteiger partial charge in [0.2, 0.25) is 5.91 Å². The Morgan fingerprint density at radius 3 is 2.68 bits per heavy atom. The van der Waals surface area contributed by atoms with Gasteiger partial charge < -0.3 is 10.3 Å². The maximum absolute atomic E-state index is 12.7. The standard InChI is InChI=1S/C16H15F3N4O4S/c1-2-3-10-7-13(24)22-15(20-10)28-8-14(25)21-11-5-4-9(16(17,18)19)6-12(11)23(26)27/h4-7H,2-3,8H2,1H3,(H,21,25)(H,20,22,24). The van der Waals surface area contributed by atoms with Crippen LogP contribution in [0.25, 0.3) is 0 Å². The first kappa shape index (κ1) is 21.4. The summed E-state index contributed by atoms with van der Waals surface area (Å²) in [7, 11) is 0. The van der Waals surface area contributed by atoms with Crippen LogP contribution >= 0.6 is 11.8 Å². The fourth-order valence-electron chi connectivity index (χ4n) is 2.22. The summed E-state index contributed by atoms with van der Waals surface area (Å²) in [5.74, 6) is -0.951. The second kappa shape index (κ2) is 8.87. The predicted octanol–water partition coefficient (Wildman–Crippen LogP) is 3.38. The minimum atomic E-state index is -4.75. The lowest BCUT2D eigenvalue weighted by atomic mass is 10.1. The van der Waals surface area contributed by atoms with Crippen LogP contribution in [0.4, 0.5) is 24.5 Å². The summed E-state index contributed by atoms with van der Waals surface area (Å²) in [4.78, 5) is 40.3. The van der Waals surface area contributed by atoms with E-state index in [-0.39, 0.29) is 22.2 Å². The smallest absolute Gasteiger partial charge is 0.320 e. The third-order valence-corrected chi connectivity index (χ3v) is 4.29. The monoisotopic (exact) mass is 416 g/mol. The lowest BCUT2D eigenvalue weighted by molar-refractivity contribution is -0.384. The minimum absolute atomic E-state index is 0.202. The Morgan fingerprint density at radius 2 is 2.07 bits per heavy atom. The van der Waals surface area contributed by atoms with Crippen LogP contribution in [0.15, 0.2) is 34.2 Å². The number of hydrogen-bond donors (Lipinski definition) is 2. The van der Waals surface area contributed by atoms with Gasteiger partial charge in [-0.2, -0.15) is 13.2 Å². The number of nitrogens with zero attached hydrogens (tertiary/aromatic N) is 2. The summed E-state index contributed by atoms with van der Waals surface area (Å²) in [5, 5.41) is 13.4. The quantitative estimate of drug-likeness (QED) is 0.309. The first-order valence-electron chi connectivity index (χ1n) is 7.98. The number of carbonyl (C=O) groups is 1. The first-order valence-corrected chi connectivity index (χ1v) is 8.97. The van der Waals surface area contributed by atoms with Crippen molar-refractivity contribution in [3.63, 3.8) is 0 Å². The maximum Gasteiger partial charge on any atom is 0.416 e. The highest BCUT2D eigenvalue weighted by molar-refractivity contribution is 7.99. The number of aromatic amines is 1. The van der Waals surface area contributed by atoms with Gasteiger partial charge in [-0.05, 0) is 18.6 Å². The molecule has 150 valence electrons. The number of nitro groups is 1. The number of benzene rings is 1. The van der Waals surface area contributed by atoms with Crippen molar-refractivity contribution >= 4 is 29.0 Å². The molecule has 0 atom stereocenters. The van der Waals surface area contributed by atoms with Gasteiger partial charge in [0.05, 0.1) is 16.2 Å². The van der Waals surface area contributed by atoms with Crippen LogP contribution in [0.5, 0.6) is 0 Å². The number of carbonyl (C=O) groups excluding carboxylic acids is 1. The Hall–Kier alpha value is -2.89. The zero-order valence-electron chi connectivity index (χ0n) is 14.5. The minimum Gasteiger partial charge on any atom is -0.320 e. The Bertz CT molecular complexity index is 946. The molecule has 2 aromatic rings. The Labute approximate surface area is 160 Å². The van der Waals surface area contributed by atoms with Gasteiger partial charge >= 0.3 is 6.18 Å². The number of alkyl halides is 3. The van der Waals surface area contributed by atoms with Gasteiger partial charge in [0, 0.05) is 17.8 Å². The van der Waals surface area contributed by atoms with Crippen LogP contribution in [-0.4, -0.2) is 26.6 Å². The number of thioether (sulfide) groups is 1. The molecule has 0 spiro atoms. The molecule has 0 bridgehead atoms. The SMILES string of the molecule is CCCc1cc(=O)[nH]c(SCC(=O)Nc2ccc(C(F)(F)F)cc2[N+](=O)[O-])n1. The van der Waals surface area contributed by atoms with Crippen molar-refractivity contribution in [1.82, 2.24) is 9.97 Å². The number of nitrogens with one attached hydrogen (secondary N) is 2. The average molecular weight is 416 g/mol. The molecule has 0 fully saturated rings. The van der Waals surface area contributed by atoms with E-state index in [1.165, 1.54) is 6.07 Å². The number of aryl methyl sites for hydroxylation is 1. The van der Waals surface area contributed by atoms with Crippen molar-refractivity contribution in [3.05, 3.63) is 56.0 Å². The molecule has 0 radical (unpaired) electrons. The fraction of sp³-hybridized carbons (Fsp3) is 0.312. The van der Waals surface area contributed by atoms with Crippen LogP contribution in [0.1, 0.15) is 24.6 Å². The van der Waals surface area contributed by atoms with E-state index in [0.717, 1.165) is 24.2 Å². The summed E-state index contributed by atoms with van der Waals surface area (Å²) in [6.45, 7) is 1.92. The number of hydrogen-bond acceptors (Lipinski definition) is 6. The van der Waals surface area contributed by atoms with Crippen LogP contribution in [0.3, 0.4) is 0 Å². The van der Waals surface area contributed by atoms with Crippen LogP contribution in [0.2, 0.25) is 0 Å². The van der Waals surface area contributed by atoms with Crippen molar-refractivity contribution in [2.75, 3.05) is 11.1 Å². The van der Waals surface area contributed by atoms with Gasteiger partial charge in [-0.3, -0.25) is 19.7 Å². The lowest BCUT2D eigenvalue weighted by Crippen LogP contribution is -2.17. The molecule has 0 aliphatic rings. The van der Waals surface area contributed by atoms with Crippen LogP contribution < -0.4 is 10.9 Å². The van der Waals surface area contributed by atoms with E-state index in [0.29, 0.717) is 24.2 Å². The number of nitro benzene ring substituents is 1. The van der Waals surface area contributed by atoms with Gasteiger partial charge in [0.1, 0.15) is 5.69 Å². The Morgan fingerprint density at radius 1 is 1.36 bits per heavy atom. The zero-order chi connectivity index (χ0) is 20.9. The summed E-state index contributed by atoms with van der Waals surface area (Å²) >= 11 is 0.895. The van der Waals surface area contributed by atoms with Crippen molar-refractivity contribution < 1.29 is 22.9 Å². The third-order valence-electron chi connectivity index (χ3n) is 3.41. The van der Waals surface area contributed by atoms with E-state index in [1.54, 1.807) is 0 Å². The fourth-order valence-corrected chi connectivity index (χ4v) is 2.92. The van der Waals surface area contributed by atoms with Crippen LogP contribution in [0, 0.1) is 10.1 Å². The molecule has 1 amide bonds. The van der Waals surface area contributed by atoms with Gasteiger partial charge in [0.25, 0.3) is 11.2 Å². The van der Waals surface area contributed by atoms with Gasteiger partial charge in [0.15, 0.2) is 5.16 Å². The number of anilines is 1. The number of halogens is 3. The molecule has 2 rings (SSSR count). The highest BCUT2D eigenvalue weighted by Crippen LogP contribution is 2.35. The van der Waals surface area contributed by atoms with Crippen molar-refractivity contribution in [2.24, 2.45) is 0 Å². The highest BCUT2D eigenvalue weighted by atomic mass is 32.2. The predicted molar refractivity (Wildman–Crippen MR) is 96.3 cm³/mol. The van der Waals surface area contributed by atoms with E-state index < -0.39 is 28.3 Å². The second-order valence-corrected chi connectivity index (χ2v) is 6.58. The molecule has 0 aliphatic heterocycles. The molecular formula is C16H15F3N4O4S. The molecule has 8 nitrogen and oxygen atoms in total. The van der Waals surface area contributed by atoms with Gasteiger partial charge in [-0.25, -0.2) is 4.98 Å². The van der Waals surface area contributed by atoms with E-state index in [1.807, 2.05) is 6.92 Å². The van der Waals surface area contributed by atoms with E-state index in [2.05, 4.69) is 15.3 Å². The summed E-state index contributed by atoms with van der Waals surface area (Å²) in [6, 6.07) is 3.17. The molecule has 0 saturated heterocycles. The number of amides is 1. The van der Waals surface area contributed by atoms with E-state index in [4.69, 9.17) is 0 Å². The molecular weight excluding hydrogens is 401 g/mol. The molecule has 0 aliphatic carbocycles. The lowest BCUT2D eigenvalue weighted by Gasteiger charge is -2.10. The largest absolute Gasteiger partial charge is 0.416 e. The molecule has 1 aromatic heterocycles. The summed E-state index contributed by atoms with van der Waals surface area (Å²) in [6.07, 6.45) is -3.38. The highest BCUT2D eigenvalue weighted by Gasteiger charge is 2.33. The second-order valence-electron chi connectivity index (χ2n) is 5.62. The van der Waals surface area contributed by atoms with Crippen molar-refractivity contribution in [2.45, 2.75) is 31.1 Å². The van der Waals surface area contributed by atoms with Gasteiger partial charge in [-0.1, -0.05) is 25.1 Å². The molecule has 1 aromatic carbocycles. The average Bonchev–Trinajstić information content (AvgIpc) is 2.59. The molecule has 12 heteroatoms. The van der Waals surface area contributed by atoms with Gasteiger partial charge in [-0.15, -0.1) is 0 Å². The Kier molecular flexibility index (Phi) is 6.78. The zero-order valence-corrected chi connectivity index (χ0v) is 15.3. The summed E-state index contributed by atoms with van der Waals surface area (Å²) < 4.78 is 38.1. The van der Waals surface area contributed by atoms with E-state index in [9.17, 15) is 32.9 Å². The van der Waals surface area contributed by atoms with Crippen LogP contribution in [-0.2, 0) is 17.4 Å². The van der Waals surface area contributed by atoms with Crippen molar-refractivity contribution in [3.8, 4) is 0 Å². The first-order chi connectivity index (χ1) is 13.1. The molecule has 0 unspecified atom stereocenters. The molecule has 2 N–H and O–H groups in total. The summed E-state index contributed by atoms with van der Waals surface area (Å²) in [5.41, 5.74) is -2.23. The van der Waals surface area contributed by atoms with E-state index >= 15 is 0 Å². The third kappa shape index (κ3) is 5.81. The molecule has 28 heavy (non-hydrogen) atoms. The normalized spacial score (nSPS) is 11.3. The maximum atomic E-state index is 12.7. The topological polar surface area (TPSA) is 118 Å². The number of H-pyrrole nitrogens is 1. The number of aromatic nitrogens is 2.